The Morgan fingerprint density at radius 3 is 0.815 bits per heavy atom. The number of esters is 2. The minimum atomic E-state index is -0.318. The van der Waals surface area contributed by atoms with Gasteiger partial charge >= 0.3 is 11.9 Å². The summed E-state index contributed by atoms with van der Waals surface area (Å²) in [5, 5.41) is 0. The lowest BCUT2D eigenvalue weighted by Crippen LogP contribution is -3.00. The molecule has 6 nitrogen and oxygen atoms in total. The molecule has 0 atom stereocenters. The number of quaternary nitrogens is 2. The zero-order chi connectivity index (χ0) is 39.0. The molecule has 0 radical (unpaired) electrons. The molecule has 0 aromatic heterocycles. The molecule has 0 heterocycles. The molecule has 8 heteroatoms. The standard InChI is InChI=1S/2C23H46NO2.BrH.ClH/c2*1-5-7-8-9-10-11-12-13-14-15-16-17-18-19-20-24(3,4)21-22-26-23(25)6-2;;/h2*6H,2,5,7-22H2,1,3-4H3;2*1H/q2*+1;;/p-2. The summed E-state index contributed by atoms with van der Waals surface area (Å²) in [6.45, 7) is 16.4. The normalized spacial score (nSPS) is 11.1. The molecule has 0 fully saturated rings. The zero-order valence-electron chi connectivity index (χ0n) is 36.9. The fourth-order valence-electron chi connectivity index (χ4n) is 6.60. The summed E-state index contributed by atoms with van der Waals surface area (Å²) in [4.78, 5) is 22.1. The molecule has 0 aliphatic rings. The van der Waals surface area contributed by atoms with Gasteiger partial charge in [0.1, 0.15) is 26.3 Å². The molecule has 0 aromatic carbocycles. The van der Waals surface area contributed by atoms with Gasteiger partial charge in [-0.05, 0) is 25.7 Å². The van der Waals surface area contributed by atoms with Crippen LogP contribution in [0.15, 0.2) is 25.3 Å². The molecule has 0 rings (SSSR count). The van der Waals surface area contributed by atoms with E-state index in [0.29, 0.717) is 13.2 Å². The lowest BCUT2D eigenvalue weighted by atomic mass is 10.0. The van der Waals surface area contributed by atoms with Crippen molar-refractivity contribution in [3.63, 3.8) is 0 Å². The SMILES string of the molecule is C=CC(=O)OCC[N+](C)(C)CCCCCCCCCCCCCCCC.C=CC(=O)OCC[N+](C)(C)CCCCCCCCCCCCCCCC.[Br-].[Cl-]. The number of rotatable bonds is 38. The van der Waals surface area contributed by atoms with Crippen molar-refractivity contribution in [2.24, 2.45) is 0 Å². The molecule has 0 bridgehead atoms. The van der Waals surface area contributed by atoms with E-state index in [-0.39, 0.29) is 41.3 Å². The topological polar surface area (TPSA) is 52.6 Å². The van der Waals surface area contributed by atoms with Crippen LogP contribution in [0, 0.1) is 0 Å². The first-order chi connectivity index (χ1) is 25.0. The third-order valence-corrected chi connectivity index (χ3v) is 10.4. The van der Waals surface area contributed by atoms with Crippen molar-refractivity contribution in [1.82, 2.24) is 0 Å². The van der Waals surface area contributed by atoms with Gasteiger partial charge in [-0.3, -0.25) is 0 Å². The van der Waals surface area contributed by atoms with Gasteiger partial charge in [-0.15, -0.1) is 0 Å². The van der Waals surface area contributed by atoms with Gasteiger partial charge < -0.3 is 47.8 Å². The molecule has 0 N–H and O–H groups in total. The summed E-state index contributed by atoms with van der Waals surface area (Å²) >= 11 is 0. The van der Waals surface area contributed by atoms with Gasteiger partial charge in [0, 0.05) is 12.2 Å². The fraction of sp³-hybridized carbons (Fsp3) is 0.870. The number of carbonyl (C=O) groups excluding carboxylic acids is 2. The van der Waals surface area contributed by atoms with Crippen LogP contribution in [0.4, 0.5) is 0 Å². The van der Waals surface area contributed by atoms with Crippen LogP contribution >= 0.6 is 0 Å². The highest BCUT2D eigenvalue weighted by molar-refractivity contribution is 5.81. The zero-order valence-corrected chi connectivity index (χ0v) is 39.2. The van der Waals surface area contributed by atoms with Crippen LogP contribution in [0.2, 0.25) is 0 Å². The molecule has 0 spiro atoms. The van der Waals surface area contributed by atoms with Crippen LogP contribution < -0.4 is 29.4 Å². The first-order valence-corrected chi connectivity index (χ1v) is 22.3. The highest BCUT2D eigenvalue weighted by atomic mass is 79.9. The Morgan fingerprint density at radius 2 is 0.611 bits per heavy atom. The van der Waals surface area contributed by atoms with Crippen molar-refractivity contribution in [2.45, 2.75) is 194 Å². The average molecular weight is 853 g/mol. The number of hydrogen-bond acceptors (Lipinski definition) is 4. The lowest BCUT2D eigenvalue weighted by molar-refractivity contribution is -0.890. The van der Waals surface area contributed by atoms with Crippen molar-refractivity contribution < 1.29 is 57.4 Å². The third-order valence-electron chi connectivity index (χ3n) is 10.4. The molecule has 0 amide bonds. The van der Waals surface area contributed by atoms with Crippen molar-refractivity contribution in [3.05, 3.63) is 25.3 Å². The summed E-state index contributed by atoms with van der Waals surface area (Å²) in [6, 6.07) is 0. The molecule has 54 heavy (non-hydrogen) atoms. The minimum absolute atomic E-state index is 0. The van der Waals surface area contributed by atoms with Crippen molar-refractivity contribution >= 4 is 11.9 Å². The van der Waals surface area contributed by atoms with Crippen LogP contribution in [-0.4, -0.2) is 88.5 Å². The average Bonchev–Trinajstić information content (AvgIpc) is 3.11. The van der Waals surface area contributed by atoms with E-state index in [1.807, 2.05) is 0 Å². The number of ether oxygens (including phenoxy) is 2. The Balaban J connectivity index is -0.000000446. The van der Waals surface area contributed by atoms with Crippen LogP contribution in [-0.2, 0) is 19.1 Å². The second-order valence-corrected chi connectivity index (χ2v) is 16.7. The Morgan fingerprint density at radius 1 is 0.407 bits per heavy atom. The Bertz CT molecular complexity index is 759. The van der Waals surface area contributed by atoms with Gasteiger partial charge in [-0.25, -0.2) is 9.59 Å². The largest absolute Gasteiger partial charge is 1.00 e. The first kappa shape index (κ1) is 59.8. The van der Waals surface area contributed by atoms with Gasteiger partial charge in [0.05, 0.1) is 41.3 Å². The Labute approximate surface area is 354 Å². The van der Waals surface area contributed by atoms with E-state index >= 15 is 0 Å². The van der Waals surface area contributed by atoms with E-state index in [2.05, 4.69) is 55.2 Å². The lowest BCUT2D eigenvalue weighted by Gasteiger charge is -2.29. The van der Waals surface area contributed by atoms with Crippen molar-refractivity contribution in [2.75, 3.05) is 67.6 Å². The highest BCUT2D eigenvalue weighted by Gasteiger charge is 2.16. The van der Waals surface area contributed by atoms with Crippen LogP contribution in [0.5, 0.6) is 0 Å². The summed E-state index contributed by atoms with van der Waals surface area (Å²) in [5.41, 5.74) is 0. The maximum absolute atomic E-state index is 11.0. The van der Waals surface area contributed by atoms with E-state index in [4.69, 9.17) is 9.47 Å². The molecule has 0 unspecified atom stereocenters. The van der Waals surface area contributed by atoms with Crippen LogP contribution in [0.1, 0.15) is 194 Å². The van der Waals surface area contributed by atoms with E-state index < -0.39 is 0 Å². The molecule has 0 saturated carbocycles. The van der Waals surface area contributed by atoms with Gasteiger partial charge in [0.2, 0.25) is 0 Å². The quantitative estimate of drug-likeness (QED) is 0.0306. The molecular formula is C46H92BrClN2O4. The molecule has 0 saturated heterocycles. The molecule has 324 valence electrons. The number of halogens is 2. The Hall–Kier alpha value is -0.890. The van der Waals surface area contributed by atoms with Gasteiger partial charge in [-0.2, -0.15) is 0 Å². The number of carbonyl (C=O) groups is 2. The minimum Gasteiger partial charge on any atom is -1.00 e. The monoisotopic (exact) mass is 851 g/mol. The summed E-state index contributed by atoms with van der Waals surface area (Å²) < 4.78 is 12.0. The Kier molecular flexibility index (Phi) is 49.6. The maximum atomic E-state index is 11.0. The summed E-state index contributed by atoms with van der Waals surface area (Å²) in [7, 11) is 8.85. The number of unbranched alkanes of at least 4 members (excludes halogenated alkanes) is 26. The first-order valence-electron chi connectivity index (χ1n) is 22.3. The smallest absolute Gasteiger partial charge is 0.330 e. The van der Waals surface area contributed by atoms with Gasteiger partial charge in [0.15, 0.2) is 0 Å². The van der Waals surface area contributed by atoms with Crippen molar-refractivity contribution in [3.8, 4) is 0 Å². The van der Waals surface area contributed by atoms with Crippen molar-refractivity contribution in [1.29, 1.82) is 0 Å². The summed E-state index contributed by atoms with van der Waals surface area (Å²) in [5.74, 6) is -0.636. The molecule has 0 aromatic rings. The number of hydrogen-bond donors (Lipinski definition) is 0. The third kappa shape index (κ3) is 49.1. The fourth-order valence-corrected chi connectivity index (χ4v) is 6.60. The van der Waals surface area contributed by atoms with Gasteiger partial charge in [0.25, 0.3) is 0 Å². The maximum Gasteiger partial charge on any atom is 0.330 e. The molecule has 0 aliphatic carbocycles. The molecule has 0 aliphatic heterocycles. The van der Waals surface area contributed by atoms with E-state index in [1.165, 1.54) is 192 Å². The summed E-state index contributed by atoms with van der Waals surface area (Å²) in [6.07, 6.45) is 41.6. The number of nitrogens with zero attached hydrogens (tertiary/aromatic N) is 2. The van der Waals surface area contributed by atoms with Gasteiger partial charge in [-0.1, -0.05) is 181 Å². The van der Waals surface area contributed by atoms with E-state index in [9.17, 15) is 9.59 Å². The predicted octanol–water partition coefficient (Wildman–Crippen LogP) is 6.55. The molecular weight excluding hydrogens is 760 g/mol. The van der Waals surface area contributed by atoms with Crippen LogP contribution in [0.25, 0.3) is 0 Å². The predicted molar refractivity (Wildman–Crippen MR) is 227 cm³/mol. The van der Waals surface area contributed by atoms with E-state index in [0.717, 1.165) is 35.1 Å². The second-order valence-electron chi connectivity index (χ2n) is 16.7. The second kappa shape index (κ2) is 44.8. The van der Waals surface area contributed by atoms with E-state index in [1.54, 1.807) is 0 Å². The highest BCUT2D eigenvalue weighted by Crippen LogP contribution is 2.15. The number of likely N-dealkylation sites (N-methyl/N-ethyl adjacent to an activating group) is 2. The van der Waals surface area contributed by atoms with Crippen LogP contribution in [0.3, 0.4) is 0 Å².